The standard InChI is InChI=1S/C24H30N4O6/c1-7-14-13-25-21-18(23(30)28(6)24(31)27(21)5)19(14)26-22(29)15-11-16(32-8-2)20(34-10-4)17(12-15)33-9-3/h11-13H,7-10H2,1-6H3,(H,25,26,29). The predicted molar refractivity (Wildman–Crippen MR) is 130 cm³/mol. The molecular formula is C24H30N4O6. The van der Waals surface area contributed by atoms with Crippen molar-refractivity contribution in [1.82, 2.24) is 14.1 Å². The lowest BCUT2D eigenvalue weighted by Gasteiger charge is -2.18. The first kappa shape index (κ1) is 24.8. The highest BCUT2D eigenvalue weighted by Crippen LogP contribution is 2.39. The number of hydrogen-bond donors (Lipinski definition) is 1. The Hall–Kier alpha value is -3.82. The van der Waals surface area contributed by atoms with Gasteiger partial charge < -0.3 is 19.5 Å². The molecule has 2 heterocycles. The molecule has 0 aliphatic carbocycles. The normalized spacial score (nSPS) is 10.9. The van der Waals surface area contributed by atoms with E-state index in [1.54, 1.807) is 18.3 Å². The largest absolute Gasteiger partial charge is 0.490 e. The molecule has 1 aromatic carbocycles. The maximum Gasteiger partial charge on any atom is 0.332 e. The van der Waals surface area contributed by atoms with Crippen LogP contribution in [0.3, 0.4) is 0 Å². The Bertz CT molecular complexity index is 1320. The van der Waals surface area contributed by atoms with E-state index >= 15 is 0 Å². The number of fused-ring (bicyclic) bond motifs is 1. The highest BCUT2D eigenvalue weighted by Gasteiger charge is 2.22. The molecule has 1 N–H and O–H groups in total. The zero-order chi connectivity index (χ0) is 25.0. The molecule has 0 fully saturated rings. The summed E-state index contributed by atoms with van der Waals surface area (Å²) in [5, 5.41) is 3.03. The van der Waals surface area contributed by atoms with Gasteiger partial charge in [0.1, 0.15) is 5.39 Å². The van der Waals surface area contributed by atoms with Gasteiger partial charge in [0.15, 0.2) is 17.1 Å². The van der Waals surface area contributed by atoms with Crippen LogP contribution >= 0.6 is 0 Å². The molecule has 0 aliphatic rings. The molecular weight excluding hydrogens is 440 g/mol. The fourth-order valence-electron chi connectivity index (χ4n) is 3.68. The molecule has 0 bridgehead atoms. The van der Waals surface area contributed by atoms with Gasteiger partial charge in [-0.25, -0.2) is 9.78 Å². The minimum Gasteiger partial charge on any atom is -0.490 e. The van der Waals surface area contributed by atoms with Crippen molar-refractivity contribution in [3.8, 4) is 17.2 Å². The summed E-state index contributed by atoms with van der Waals surface area (Å²) in [6.45, 7) is 8.55. The molecule has 10 heteroatoms. The van der Waals surface area contributed by atoms with Gasteiger partial charge in [0.2, 0.25) is 5.75 Å². The van der Waals surface area contributed by atoms with E-state index in [4.69, 9.17) is 14.2 Å². The number of hydrogen-bond acceptors (Lipinski definition) is 7. The average molecular weight is 471 g/mol. The van der Waals surface area contributed by atoms with Gasteiger partial charge >= 0.3 is 5.69 Å². The number of amides is 1. The summed E-state index contributed by atoms with van der Waals surface area (Å²) in [6.07, 6.45) is 2.08. The molecule has 0 unspecified atom stereocenters. The minimum absolute atomic E-state index is 0.165. The molecule has 0 saturated heterocycles. The number of nitrogens with zero attached hydrogens (tertiary/aromatic N) is 3. The summed E-state index contributed by atoms with van der Waals surface area (Å²) in [4.78, 5) is 43.1. The highest BCUT2D eigenvalue weighted by molar-refractivity contribution is 6.09. The van der Waals surface area contributed by atoms with Gasteiger partial charge in [0, 0.05) is 25.9 Å². The predicted octanol–water partition coefficient (Wildman–Crippen LogP) is 2.64. The van der Waals surface area contributed by atoms with E-state index in [-0.39, 0.29) is 16.6 Å². The van der Waals surface area contributed by atoms with Gasteiger partial charge in [0.05, 0.1) is 25.5 Å². The topological polar surface area (TPSA) is 114 Å². The molecule has 182 valence electrons. The second-order valence-electron chi connectivity index (χ2n) is 7.47. The van der Waals surface area contributed by atoms with Gasteiger partial charge in [-0.1, -0.05) is 6.92 Å². The van der Waals surface area contributed by atoms with Crippen molar-refractivity contribution in [1.29, 1.82) is 0 Å². The number of nitrogens with one attached hydrogen (secondary N) is 1. The van der Waals surface area contributed by atoms with Crippen molar-refractivity contribution in [3.63, 3.8) is 0 Å². The third kappa shape index (κ3) is 4.48. The number of carbonyl (C=O) groups excluding carboxylic acids is 1. The summed E-state index contributed by atoms with van der Waals surface area (Å²) in [6, 6.07) is 3.16. The van der Waals surface area contributed by atoms with E-state index in [1.807, 2.05) is 27.7 Å². The van der Waals surface area contributed by atoms with Crippen LogP contribution in [0.5, 0.6) is 17.2 Å². The van der Waals surface area contributed by atoms with Crippen molar-refractivity contribution < 1.29 is 19.0 Å². The molecule has 0 atom stereocenters. The first-order chi connectivity index (χ1) is 16.3. The van der Waals surface area contributed by atoms with Crippen LogP contribution in [-0.2, 0) is 20.5 Å². The second-order valence-corrected chi connectivity index (χ2v) is 7.47. The van der Waals surface area contributed by atoms with Crippen LogP contribution in [0, 0.1) is 0 Å². The van der Waals surface area contributed by atoms with Crippen molar-refractivity contribution in [3.05, 3.63) is 50.3 Å². The lowest BCUT2D eigenvalue weighted by molar-refractivity contribution is 0.102. The lowest BCUT2D eigenvalue weighted by atomic mass is 10.1. The molecule has 10 nitrogen and oxygen atoms in total. The van der Waals surface area contributed by atoms with E-state index in [0.717, 1.165) is 4.57 Å². The number of rotatable bonds is 9. The zero-order valence-corrected chi connectivity index (χ0v) is 20.4. The van der Waals surface area contributed by atoms with Gasteiger partial charge in [-0.05, 0) is 44.9 Å². The Labute approximate surface area is 197 Å². The van der Waals surface area contributed by atoms with Crippen LogP contribution in [0.25, 0.3) is 11.0 Å². The lowest BCUT2D eigenvalue weighted by Crippen LogP contribution is -2.38. The number of aryl methyl sites for hydroxylation is 2. The number of pyridine rings is 1. The summed E-state index contributed by atoms with van der Waals surface area (Å²) in [5.41, 5.74) is 0.408. The maximum absolute atomic E-state index is 13.4. The summed E-state index contributed by atoms with van der Waals surface area (Å²) >= 11 is 0. The molecule has 0 spiro atoms. The monoisotopic (exact) mass is 470 g/mol. The van der Waals surface area contributed by atoms with E-state index in [2.05, 4.69) is 10.3 Å². The van der Waals surface area contributed by atoms with Gasteiger partial charge in [0.25, 0.3) is 11.5 Å². The Balaban J connectivity index is 2.19. The molecule has 0 saturated carbocycles. The minimum atomic E-state index is -0.534. The van der Waals surface area contributed by atoms with E-state index in [0.29, 0.717) is 54.7 Å². The Kier molecular flexibility index (Phi) is 7.60. The van der Waals surface area contributed by atoms with E-state index in [1.165, 1.54) is 18.7 Å². The Morgan fingerprint density at radius 3 is 2.06 bits per heavy atom. The van der Waals surface area contributed by atoms with Crippen LogP contribution in [-0.4, -0.2) is 39.8 Å². The molecule has 0 aliphatic heterocycles. The fourth-order valence-corrected chi connectivity index (χ4v) is 3.68. The third-order valence-corrected chi connectivity index (χ3v) is 5.34. The zero-order valence-electron chi connectivity index (χ0n) is 20.4. The first-order valence-electron chi connectivity index (χ1n) is 11.2. The number of anilines is 1. The number of carbonyl (C=O) groups is 1. The maximum atomic E-state index is 13.4. The van der Waals surface area contributed by atoms with Crippen LogP contribution in [0.1, 0.15) is 43.6 Å². The van der Waals surface area contributed by atoms with Crippen molar-refractivity contribution in [2.75, 3.05) is 25.1 Å². The Morgan fingerprint density at radius 2 is 1.53 bits per heavy atom. The van der Waals surface area contributed by atoms with Crippen LogP contribution < -0.4 is 30.8 Å². The van der Waals surface area contributed by atoms with Gasteiger partial charge in [-0.2, -0.15) is 0 Å². The smallest absolute Gasteiger partial charge is 0.332 e. The average Bonchev–Trinajstić information content (AvgIpc) is 2.83. The molecule has 0 radical (unpaired) electrons. The number of ether oxygens (including phenoxy) is 3. The van der Waals surface area contributed by atoms with Crippen LogP contribution in [0.15, 0.2) is 27.9 Å². The second kappa shape index (κ2) is 10.4. The van der Waals surface area contributed by atoms with Crippen molar-refractivity contribution >= 4 is 22.6 Å². The molecule has 3 aromatic rings. The highest BCUT2D eigenvalue weighted by atomic mass is 16.5. The molecule has 2 aromatic heterocycles. The van der Waals surface area contributed by atoms with Crippen LogP contribution in [0.2, 0.25) is 0 Å². The fraction of sp³-hybridized carbons (Fsp3) is 0.417. The molecule has 34 heavy (non-hydrogen) atoms. The SMILES string of the molecule is CCOc1cc(C(=O)Nc2c(CC)cnc3c2c(=O)n(C)c(=O)n3C)cc(OCC)c1OCC. The van der Waals surface area contributed by atoms with E-state index in [9.17, 15) is 14.4 Å². The summed E-state index contributed by atoms with van der Waals surface area (Å²) < 4.78 is 19.4. The number of aromatic nitrogens is 3. The van der Waals surface area contributed by atoms with Gasteiger partial charge in [-0.15, -0.1) is 0 Å². The Morgan fingerprint density at radius 1 is 0.941 bits per heavy atom. The quantitative estimate of drug-likeness (QED) is 0.511. The van der Waals surface area contributed by atoms with E-state index < -0.39 is 17.2 Å². The van der Waals surface area contributed by atoms with Crippen LogP contribution in [0.4, 0.5) is 5.69 Å². The summed E-state index contributed by atoms with van der Waals surface area (Å²) in [5.74, 6) is 0.724. The van der Waals surface area contributed by atoms with Gasteiger partial charge in [-0.3, -0.25) is 18.7 Å². The summed E-state index contributed by atoms with van der Waals surface area (Å²) in [7, 11) is 2.92. The first-order valence-corrected chi connectivity index (χ1v) is 11.2. The van der Waals surface area contributed by atoms with Crippen molar-refractivity contribution in [2.24, 2.45) is 14.1 Å². The van der Waals surface area contributed by atoms with Crippen molar-refractivity contribution in [2.45, 2.75) is 34.1 Å². The number of benzene rings is 1. The third-order valence-electron chi connectivity index (χ3n) is 5.34. The molecule has 3 rings (SSSR count). The molecule has 1 amide bonds.